The fraction of sp³-hybridized carbons (Fsp3) is 0.643. The van der Waals surface area contributed by atoms with E-state index < -0.39 is 6.04 Å². The van der Waals surface area contributed by atoms with E-state index in [2.05, 4.69) is 16.0 Å². The molecule has 2 aliphatic rings. The molecule has 0 aromatic carbocycles. The number of carbonyl (C=O) groups excluding carboxylic acids is 2. The first kappa shape index (κ1) is 14.3. The lowest BCUT2D eigenvalue weighted by Gasteiger charge is -2.09. The van der Waals surface area contributed by atoms with E-state index in [9.17, 15) is 9.59 Å². The number of nitrogens with one attached hydrogen (secondary N) is 3. The second-order valence-electron chi connectivity index (χ2n) is 5.49. The monoisotopic (exact) mass is 308 g/mol. The first-order valence-corrected chi connectivity index (χ1v) is 8.33. The molecule has 1 aromatic rings. The molecule has 6 nitrogen and oxygen atoms in total. The molecule has 3 amide bonds. The number of rotatable bonds is 5. The highest BCUT2D eigenvalue weighted by Crippen LogP contribution is 2.27. The van der Waals surface area contributed by atoms with Crippen molar-refractivity contribution in [2.75, 3.05) is 13.1 Å². The first-order chi connectivity index (χ1) is 10.2. The molecule has 0 radical (unpaired) electrons. The second kappa shape index (κ2) is 6.43. The molecular formula is C14H20N4O2S. The normalized spacial score (nSPS) is 20.6. The number of carbonyl (C=O) groups is 2. The van der Waals surface area contributed by atoms with Crippen LogP contribution in [0.25, 0.3) is 0 Å². The number of aryl methyl sites for hydroxylation is 3. The van der Waals surface area contributed by atoms with Crippen molar-refractivity contribution < 1.29 is 9.59 Å². The largest absolute Gasteiger partial charge is 0.354 e. The van der Waals surface area contributed by atoms with Crippen LogP contribution in [-0.2, 0) is 24.1 Å². The quantitative estimate of drug-likeness (QED) is 0.702. The Labute approximate surface area is 127 Å². The van der Waals surface area contributed by atoms with E-state index in [0.717, 1.165) is 19.3 Å². The first-order valence-electron chi connectivity index (χ1n) is 7.52. The fourth-order valence-electron chi connectivity index (χ4n) is 2.70. The van der Waals surface area contributed by atoms with Gasteiger partial charge in [0.05, 0.1) is 10.7 Å². The van der Waals surface area contributed by atoms with Crippen molar-refractivity contribution in [1.29, 1.82) is 0 Å². The summed E-state index contributed by atoms with van der Waals surface area (Å²) in [5.41, 5.74) is 1.30. The van der Waals surface area contributed by atoms with Crippen LogP contribution in [0.4, 0.5) is 4.79 Å². The SMILES string of the molecule is O=C1NC[C@H](C(=O)NCCCc2nc3c(s2)CCCC3)N1. The zero-order chi connectivity index (χ0) is 14.7. The van der Waals surface area contributed by atoms with Crippen LogP contribution >= 0.6 is 11.3 Å². The third kappa shape index (κ3) is 3.53. The van der Waals surface area contributed by atoms with Gasteiger partial charge in [0.15, 0.2) is 0 Å². The molecule has 3 N–H and O–H groups in total. The second-order valence-corrected chi connectivity index (χ2v) is 6.65. The number of fused-ring (bicyclic) bond motifs is 1. The molecule has 2 heterocycles. The van der Waals surface area contributed by atoms with Crippen molar-refractivity contribution >= 4 is 23.3 Å². The summed E-state index contributed by atoms with van der Waals surface area (Å²) in [6.07, 6.45) is 6.63. The Kier molecular flexibility index (Phi) is 4.38. The summed E-state index contributed by atoms with van der Waals surface area (Å²) in [7, 11) is 0. The molecule has 1 saturated heterocycles. The van der Waals surface area contributed by atoms with Crippen molar-refractivity contribution in [2.45, 2.75) is 44.6 Å². The van der Waals surface area contributed by atoms with Gasteiger partial charge in [-0.05, 0) is 32.1 Å². The molecule has 1 fully saturated rings. The molecule has 0 saturated carbocycles. The minimum absolute atomic E-state index is 0.119. The molecule has 1 aliphatic carbocycles. The predicted octanol–water partition coefficient (Wildman–Crippen LogP) is 0.752. The van der Waals surface area contributed by atoms with Gasteiger partial charge in [0.2, 0.25) is 5.91 Å². The van der Waals surface area contributed by atoms with E-state index in [0.29, 0.717) is 13.1 Å². The van der Waals surface area contributed by atoms with Crippen LogP contribution in [0, 0.1) is 0 Å². The van der Waals surface area contributed by atoms with Crippen molar-refractivity contribution in [1.82, 2.24) is 20.9 Å². The third-order valence-corrected chi connectivity index (χ3v) is 5.06. The lowest BCUT2D eigenvalue weighted by atomic mass is 10.0. The van der Waals surface area contributed by atoms with E-state index in [-0.39, 0.29) is 11.9 Å². The smallest absolute Gasteiger partial charge is 0.315 e. The molecule has 0 spiro atoms. The Bertz CT molecular complexity index is 520. The Morgan fingerprint density at radius 1 is 1.38 bits per heavy atom. The molecule has 1 aliphatic heterocycles. The van der Waals surface area contributed by atoms with E-state index in [1.54, 1.807) is 0 Å². The highest BCUT2D eigenvalue weighted by molar-refractivity contribution is 7.11. The van der Waals surface area contributed by atoms with Gasteiger partial charge in [-0.25, -0.2) is 9.78 Å². The van der Waals surface area contributed by atoms with Crippen LogP contribution < -0.4 is 16.0 Å². The summed E-state index contributed by atoms with van der Waals surface area (Å²) < 4.78 is 0. The maximum absolute atomic E-state index is 11.8. The van der Waals surface area contributed by atoms with Crippen LogP contribution in [0.3, 0.4) is 0 Å². The molecule has 3 rings (SSSR count). The van der Waals surface area contributed by atoms with Crippen LogP contribution in [-0.4, -0.2) is 36.1 Å². The summed E-state index contributed by atoms with van der Waals surface area (Å²) in [5.74, 6) is -0.119. The molecule has 21 heavy (non-hydrogen) atoms. The van der Waals surface area contributed by atoms with E-state index in [1.165, 1.54) is 34.8 Å². The fourth-order valence-corrected chi connectivity index (χ4v) is 3.90. The van der Waals surface area contributed by atoms with Gasteiger partial charge in [-0.3, -0.25) is 4.79 Å². The van der Waals surface area contributed by atoms with E-state index in [1.807, 2.05) is 11.3 Å². The molecule has 1 aromatic heterocycles. The van der Waals surface area contributed by atoms with Crippen molar-refractivity contribution in [3.05, 3.63) is 15.6 Å². The van der Waals surface area contributed by atoms with Gasteiger partial charge in [0.1, 0.15) is 6.04 Å². The maximum atomic E-state index is 11.8. The molecule has 0 unspecified atom stereocenters. The van der Waals surface area contributed by atoms with Crippen LogP contribution in [0.15, 0.2) is 0 Å². The summed E-state index contributed by atoms with van der Waals surface area (Å²) >= 11 is 1.83. The van der Waals surface area contributed by atoms with E-state index >= 15 is 0 Å². The molecule has 0 bridgehead atoms. The van der Waals surface area contributed by atoms with Gasteiger partial charge < -0.3 is 16.0 Å². The summed E-state index contributed by atoms with van der Waals surface area (Å²) in [4.78, 5) is 28.9. The number of aromatic nitrogens is 1. The standard InChI is InChI=1S/C14H20N4O2S/c19-13(10-8-16-14(20)18-10)15-7-3-6-12-17-9-4-1-2-5-11(9)21-12/h10H,1-8H2,(H,15,19)(H2,16,18,20)/t10-/m1/s1. The van der Waals surface area contributed by atoms with Gasteiger partial charge in [0, 0.05) is 24.4 Å². The van der Waals surface area contributed by atoms with Crippen LogP contribution in [0.1, 0.15) is 34.8 Å². The van der Waals surface area contributed by atoms with Crippen molar-refractivity contribution in [3.8, 4) is 0 Å². The van der Waals surface area contributed by atoms with Crippen molar-refractivity contribution in [2.24, 2.45) is 0 Å². The summed E-state index contributed by atoms with van der Waals surface area (Å²) in [6, 6.07) is -0.715. The summed E-state index contributed by atoms with van der Waals surface area (Å²) in [6.45, 7) is 0.985. The average Bonchev–Trinajstić information content (AvgIpc) is 3.09. The Balaban J connectivity index is 1.39. The van der Waals surface area contributed by atoms with Gasteiger partial charge in [0.25, 0.3) is 0 Å². The highest BCUT2D eigenvalue weighted by atomic mass is 32.1. The minimum atomic E-state index is -0.440. The molecule has 114 valence electrons. The Hall–Kier alpha value is -1.63. The Morgan fingerprint density at radius 3 is 3.00 bits per heavy atom. The maximum Gasteiger partial charge on any atom is 0.315 e. The highest BCUT2D eigenvalue weighted by Gasteiger charge is 2.26. The lowest BCUT2D eigenvalue weighted by Crippen LogP contribution is -2.43. The number of hydrogen-bond acceptors (Lipinski definition) is 4. The average molecular weight is 308 g/mol. The topological polar surface area (TPSA) is 83.1 Å². The van der Waals surface area contributed by atoms with Gasteiger partial charge >= 0.3 is 6.03 Å². The van der Waals surface area contributed by atoms with Crippen LogP contribution in [0.5, 0.6) is 0 Å². The van der Waals surface area contributed by atoms with E-state index in [4.69, 9.17) is 4.98 Å². The molecular weight excluding hydrogens is 288 g/mol. The molecule has 7 heteroatoms. The third-order valence-electron chi connectivity index (χ3n) is 3.85. The Morgan fingerprint density at radius 2 is 2.24 bits per heavy atom. The number of amides is 3. The van der Waals surface area contributed by atoms with Gasteiger partial charge in [-0.15, -0.1) is 11.3 Å². The number of nitrogens with zero attached hydrogens (tertiary/aromatic N) is 1. The number of thiazole rings is 1. The zero-order valence-electron chi connectivity index (χ0n) is 11.9. The van der Waals surface area contributed by atoms with Gasteiger partial charge in [-0.1, -0.05) is 0 Å². The minimum Gasteiger partial charge on any atom is -0.354 e. The predicted molar refractivity (Wildman–Crippen MR) is 80.4 cm³/mol. The lowest BCUT2D eigenvalue weighted by molar-refractivity contribution is -0.122. The summed E-state index contributed by atoms with van der Waals surface area (Å²) in [5, 5.41) is 9.20. The van der Waals surface area contributed by atoms with Crippen LogP contribution in [0.2, 0.25) is 0 Å². The number of urea groups is 1. The zero-order valence-corrected chi connectivity index (χ0v) is 12.7. The van der Waals surface area contributed by atoms with Crippen molar-refractivity contribution in [3.63, 3.8) is 0 Å². The number of hydrogen-bond donors (Lipinski definition) is 3. The van der Waals surface area contributed by atoms with Gasteiger partial charge in [-0.2, -0.15) is 0 Å². The molecule has 1 atom stereocenters.